The van der Waals surface area contributed by atoms with Crippen molar-refractivity contribution in [1.82, 2.24) is 4.90 Å². The molecule has 0 rings (SSSR count). The third-order valence-corrected chi connectivity index (χ3v) is 2.28. The molecular formula is C10H16F6N2O. The molecule has 0 bridgehead atoms. The molecule has 1 unspecified atom stereocenters. The van der Waals surface area contributed by atoms with Crippen LogP contribution >= 0.6 is 0 Å². The summed E-state index contributed by atoms with van der Waals surface area (Å²) in [5, 5.41) is 0. The van der Waals surface area contributed by atoms with Gasteiger partial charge in [-0.1, -0.05) is 13.8 Å². The fraction of sp³-hybridized carbons (Fsp3) is 0.900. The molecule has 0 aliphatic heterocycles. The van der Waals surface area contributed by atoms with Gasteiger partial charge in [-0.05, 0) is 12.8 Å². The Hall–Kier alpha value is -0.990. The standard InChI is InChI=1S/C10H16F6N2O/c1-6(2)4-18(5-9(11,12)13)7(19)8(3,17)10(14,15)16/h6H,4-5,17H2,1-3H3. The molecule has 0 spiro atoms. The van der Waals surface area contributed by atoms with Crippen molar-refractivity contribution in [2.45, 2.75) is 38.7 Å². The van der Waals surface area contributed by atoms with E-state index in [9.17, 15) is 31.1 Å². The van der Waals surface area contributed by atoms with E-state index in [-0.39, 0.29) is 4.90 Å². The van der Waals surface area contributed by atoms with Crippen molar-refractivity contribution < 1.29 is 31.1 Å². The fourth-order valence-corrected chi connectivity index (χ4v) is 1.33. The van der Waals surface area contributed by atoms with Crippen LogP contribution in [0.15, 0.2) is 0 Å². The van der Waals surface area contributed by atoms with Crippen molar-refractivity contribution in [3.8, 4) is 0 Å². The lowest BCUT2D eigenvalue weighted by Gasteiger charge is -2.34. The molecule has 3 nitrogen and oxygen atoms in total. The lowest BCUT2D eigenvalue weighted by molar-refractivity contribution is -0.201. The number of alkyl halides is 6. The second-order valence-corrected chi connectivity index (χ2v) is 4.89. The van der Waals surface area contributed by atoms with Gasteiger partial charge in [0.1, 0.15) is 6.54 Å². The molecule has 9 heteroatoms. The predicted octanol–water partition coefficient (Wildman–Crippen LogP) is 2.31. The van der Waals surface area contributed by atoms with Gasteiger partial charge in [-0.2, -0.15) is 26.3 Å². The van der Waals surface area contributed by atoms with Crippen LogP contribution in [0.5, 0.6) is 0 Å². The Balaban J connectivity index is 5.22. The van der Waals surface area contributed by atoms with Crippen molar-refractivity contribution in [3.05, 3.63) is 0 Å². The maximum Gasteiger partial charge on any atom is 0.415 e. The van der Waals surface area contributed by atoms with E-state index in [4.69, 9.17) is 5.73 Å². The summed E-state index contributed by atoms with van der Waals surface area (Å²) in [5.74, 6) is -2.21. The van der Waals surface area contributed by atoms with Gasteiger partial charge in [-0.3, -0.25) is 4.79 Å². The number of hydrogen-bond donors (Lipinski definition) is 1. The van der Waals surface area contributed by atoms with Gasteiger partial charge in [0.25, 0.3) is 5.91 Å². The topological polar surface area (TPSA) is 46.3 Å². The Bertz CT molecular complexity index is 321. The largest absolute Gasteiger partial charge is 0.415 e. The van der Waals surface area contributed by atoms with Crippen LogP contribution in [0.3, 0.4) is 0 Å². The van der Waals surface area contributed by atoms with E-state index in [1.54, 1.807) is 0 Å². The van der Waals surface area contributed by atoms with Gasteiger partial charge in [0.05, 0.1) is 0 Å². The third kappa shape index (κ3) is 5.25. The number of halogens is 6. The lowest BCUT2D eigenvalue weighted by Crippen LogP contribution is -2.63. The Morgan fingerprint density at radius 2 is 1.58 bits per heavy atom. The second-order valence-electron chi connectivity index (χ2n) is 4.89. The van der Waals surface area contributed by atoms with Crippen LogP contribution in [-0.4, -0.2) is 41.8 Å². The number of carbonyl (C=O) groups excluding carboxylic acids is 1. The molecule has 1 atom stereocenters. The van der Waals surface area contributed by atoms with E-state index in [0.29, 0.717) is 6.92 Å². The van der Waals surface area contributed by atoms with Crippen molar-refractivity contribution in [3.63, 3.8) is 0 Å². The number of amides is 1. The molecule has 19 heavy (non-hydrogen) atoms. The number of nitrogens with two attached hydrogens (primary N) is 1. The lowest BCUT2D eigenvalue weighted by atomic mass is 10.0. The first-order chi connectivity index (χ1) is 8.18. The molecular weight excluding hydrogens is 278 g/mol. The summed E-state index contributed by atoms with van der Waals surface area (Å²) in [6.45, 7) is 1.11. The first-order valence-electron chi connectivity index (χ1n) is 5.40. The molecule has 0 aliphatic carbocycles. The molecule has 0 saturated heterocycles. The van der Waals surface area contributed by atoms with E-state index >= 15 is 0 Å². The molecule has 2 N–H and O–H groups in total. The average molecular weight is 294 g/mol. The quantitative estimate of drug-likeness (QED) is 0.809. The number of carbonyl (C=O) groups is 1. The molecule has 0 aromatic heterocycles. The van der Waals surface area contributed by atoms with Crippen LogP contribution in [0.4, 0.5) is 26.3 Å². The molecule has 0 radical (unpaired) electrons. The van der Waals surface area contributed by atoms with Gasteiger partial charge in [0.2, 0.25) is 0 Å². The zero-order valence-corrected chi connectivity index (χ0v) is 10.7. The van der Waals surface area contributed by atoms with Crippen molar-refractivity contribution in [1.29, 1.82) is 0 Å². The smallest absolute Gasteiger partial charge is 0.331 e. The monoisotopic (exact) mass is 294 g/mol. The Labute approximate surface area is 106 Å². The van der Waals surface area contributed by atoms with Crippen LogP contribution in [0.2, 0.25) is 0 Å². The summed E-state index contributed by atoms with van der Waals surface area (Å²) in [5.41, 5.74) is 1.51. The van der Waals surface area contributed by atoms with Gasteiger partial charge >= 0.3 is 12.4 Å². The minimum Gasteiger partial charge on any atom is -0.331 e. The van der Waals surface area contributed by atoms with E-state index in [2.05, 4.69) is 0 Å². The van der Waals surface area contributed by atoms with Gasteiger partial charge in [-0.15, -0.1) is 0 Å². The van der Waals surface area contributed by atoms with Crippen LogP contribution in [0.1, 0.15) is 20.8 Å². The zero-order chi connectivity index (χ0) is 15.6. The summed E-state index contributed by atoms with van der Waals surface area (Å²) in [6, 6.07) is 0. The van der Waals surface area contributed by atoms with E-state index < -0.39 is 42.8 Å². The maximum atomic E-state index is 12.6. The van der Waals surface area contributed by atoms with Crippen LogP contribution in [0, 0.1) is 5.92 Å². The molecule has 0 aromatic carbocycles. The second kappa shape index (κ2) is 5.56. The number of rotatable bonds is 4. The van der Waals surface area contributed by atoms with Crippen molar-refractivity contribution >= 4 is 5.91 Å². The first-order valence-corrected chi connectivity index (χ1v) is 5.40. The first kappa shape index (κ1) is 18.0. The highest BCUT2D eigenvalue weighted by Gasteiger charge is 2.56. The molecule has 114 valence electrons. The molecule has 0 fully saturated rings. The van der Waals surface area contributed by atoms with Crippen LogP contribution < -0.4 is 5.73 Å². The number of nitrogens with zero attached hydrogens (tertiary/aromatic N) is 1. The molecule has 1 amide bonds. The van der Waals surface area contributed by atoms with Gasteiger partial charge in [0.15, 0.2) is 5.54 Å². The predicted molar refractivity (Wildman–Crippen MR) is 56.1 cm³/mol. The maximum absolute atomic E-state index is 12.6. The Morgan fingerprint density at radius 3 is 1.84 bits per heavy atom. The third-order valence-electron chi connectivity index (χ3n) is 2.28. The minimum absolute atomic E-state index is 0.0954. The summed E-state index contributed by atoms with van der Waals surface area (Å²) in [4.78, 5) is 11.7. The summed E-state index contributed by atoms with van der Waals surface area (Å²) < 4.78 is 74.5. The zero-order valence-electron chi connectivity index (χ0n) is 10.7. The van der Waals surface area contributed by atoms with Gasteiger partial charge < -0.3 is 10.6 Å². The Morgan fingerprint density at radius 1 is 1.16 bits per heavy atom. The minimum atomic E-state index is -5.12. The van der Waals surface area contributed by atoms with Crippen LogP contribution in [-0.2, 0) is 4.79 Å². The highest BCUT2D eigenvalue weighted by molar-refractivity contribution is 5.86. The van der Waals surface area contributed by atoms with E-state index in [1.807, 2.05) is 0 Å². The van der Waals surface area contributed by atoms with Gasteiger partial charge in [-0.25, -0.2) is 0 Å². The summed E-state index contributed by atoms with van der Waals surface area (Å²) in [7, 11) is 0. The van der Waals surface area contributed by atoms with Crippen molar-refractivity contribution in [2.75, 3.05) is 13.1 Å². The summed E-state index contributed by atoms with van der Waals surface area (Å²) in [6.07, 6.45) is -9.91. The van der Waals surface area contributed by atoms with E-state index in [1.165, 1.54) is 13.8 Å². The fourth-order valence-electron chi connectivity index (χ4n) is 1.33. The molecule has 0 saturated carbocycles. The highest BCUT2D eigenvalue weighted by Crippen LogP contribution is 2.30. The van der Waals surface area contributed by atoms with Gasteiger partial charge in [0, 0.05) is 6.54 Å². The van der Waals surface area contributed by atoms with E-state index in [0.717, 1.165) is 0 Å². The highest BCUT2D eigenvalue weighted by atomic mass is 19.4. The van der Waals surface area contributed by atoms with Crippen LogP contribution in [0.25, 0.3) is 0 Å². The normalized spacial score (nSPS) is 16.4. The molecule has 0 heterocycles. The summed E-state index contributed by atoms with van der Waals surface area (Å²) >= 11 is 0. The molecule has 0 aliphatic rings. The SMILES string of the molecule is CC(C)CN(CC(F)(F)F)C(=O)C(C)(N)C(F)(F)F. The molecule has 0 aromatic rings. The Kier molecular flexibility index (Phi) is 5.27. The number of hydrogen-bond acceptors (Lipinski definition) is 2. The average Bonchev–Trinajstić information content (AvgIpc) is 2.10. The van der Waals surface area contributed by atoms with Crippen molar-refractivity contribution in [2.24, 2.45) is 11.7 Å².